The predicted octanol–water partition coefficient (Wildman–Crippen LogP) is 2.60. The molecular weight excluding hydrogens is 259 g/mol. The number of halogens is 4. The Hall–Kier alpha value is -0.460. The van der Waals surface area contributed by atoms with Crippen molar-refractivity contribution in [3.05, 3.63) is 23.0 Å². The second kappa shape index (κ2) is 3.96. The van der Waals surface area contributed by atoms with Crippen LogP contribution in [0.15, 0.2) is 17.2 Å². The maximum Gasteiger partial charge on any atom is 0.265 e. The number of nitrogens with zero attached hydrogens (tertiary/aromatic N) is 1. The normalized spacial score (nSPS) is 12.1. The van der Waals surface area contributed by atoms with Gasteiger partial charge in [0.15, 0.2) is 0 Å². The van der Waals surface area contributed by atoms with Crippen LogP contribution in [0, 0.1) is 0 Å². The van der Waals surface area contributed by atoms with Gasteiger partial charge < -0.3 is 0 Å². The Morgan fingerprint density at radius 2 is 2.00 bits per heavy atom. The van der Waals surface area contributed by atoms with Gasteiger partial charge in [0.25, 0.3) is 15.5 Å². The molecule has 1 rings (SSSR count). The molecule has 0 saturated carbocycles. The third kappa shape index (κ3) is 2.52. The number of alkyl halides is 2. The molecule has 1 aromatic rings. The van der Waals surface area contributed by atoms with E-state index < -0.39 is 25.9 Å². The molecule has 0 aliphatic rings. The minimum Gasteiger partial charge on any atom is -0.243 e. The summed E-state index contributed by atoms with van der Waals surface area (Å²) in [7, 11) is 0.692. The molecule has 0 radical (unpaired) electrons. The number of pyridine rings is 1. The molecule has 0 aliphatic heterocycles. The maximum absolute atomic E-state index is 12.3. The number of hydrogen-bond acceptors (Lipinski definition) is 3. The van der Waals surface area contributed by atoms with Gasteiger partial charge in [-0.15, -0.1) is 0 Å². The highest BCUT2D eigenvalue weighted by Gasteiger charge is 2.22. The molecule has 0 saturated heterocycles. The molecule has 0 atom stereocenters. The van der Waals surface area contributed by atoms with Crippen molar-refractivity contribution in [1.29, 1.82) is 0 Å². The Kier molecular flexibility index (Phi) is 3.28. The topological polar surface area (TPSA) is 47.0 Å². The van der Waals surface area contributed by atoms with E-state index in [1.54, 1.807) is 0 Å². The third-order valence-electron chi connectivity index (χ3n) is 1.36. The third-order valence-corrected chi connectivity index (χ3v) is 2.93. The lowest BCUT2D eigenvalue weighted by Gasteiger charge is -2.04. The molecule has 14 heavy (non-hydrogen) atoms. The molecule has 0 aliphatic carbocycles. The van der Waals surface area contributed by atoms with Crippen LogP contribution in [-0.4, -0.2) is 13.4 Å². The van der Waals surface area contributed by atoms with Crippen molar-refractivity contribution < 1.29 is 17.2 Å². The number of aromatic nitrogens is 1. The second-order valence-electron chi connectivity index (χ2n) is 2.28. The van der Waals surface area contributed by atoms with Gasteiger partial charge in [-0.25, -0.2) is 22.2 Å². The van der Waals surface area contributed by atoms with E-state index in [-0.39, 0.29) is 5.15 Å². The second-order valence-corrected chi connectivity index (χ2v) is 5.21. The average Bonchev–Trinajstić information content (AvgIpc) is 2.01. The van der Waals surface area contributed by atoms with Crippen molar-refractivity contribution in [2.75, 3.05) is 0 Å². The summed E-state index contributed by atoms with van der Waals surface area (Å²) in [5.41, 5.74) is -0.750. The largest absolute Gasteiger partial charge is 0.265 e. The summed E-state index contributed by atoms with van der Waals surface area (Å²) in [4.78, 5) is 2.63. The first-order chi connectivity index (χ1) is 6.32. The number of rotatable bonds is 2. The van der Waals surface area contributed by atoms with Gasteiger partial charge >= 0.3 is 0 Å². The van der Waals surface area contributed by atoms with E-state index in [1.165, 1.54) is 0 Å². The molecule has 78 valence electrons. The van der Waals surface area contributed by atoms with E-state index in [2.05, 4.69) is 4.98 Å². The van der Waals surface area contributed by atoms with Crippen LogP contribution in [0.4, 0.5) is 8.78 Å². The molecule has 0 N–H and O–H groups in total. The maximum atomic E-state index is 12.3. The van der Waals surface area contributed by atoms with Gasteiger partial charge in [-0.3, -0.25) is 0 Å². The molecule has 0 spiro atoms. The lowest BCUT2D eigenvalue weighted by Crippen LogP contribution is -1.99. The molecular formula is C6H3Cl2F2NO2S. The molecule has 0 unspecified atom stereocenters. The summed E-state index contributed by atoms with van der Waals surface area (Å²) in [6.07, 6.45) is -2.27. The standard InChI is InChI=1S/C6H3Cl2F2NO2S/c7-5-1-3(6(9)10)4(2-11-5)14(8,12)13/h1-2,6H. The predicted molar refractivity (Wildman–Crippen MR) is 47.2 cm³/mol. The Bertz CT molecular complexity index is 449. The Balaban J connectivity index is 3.45. The first-order valence-electron chi connectivity index (χ1n) is 3.20. The molecule has 3 nitrogen and oxygen atoms in total. The van der Waals surface area contributed by atoms with Crippen LogP contribution in [0.25, 0.3) is 0 Å². The first-order valence-corrected chi connectivity index (χ1v) is 5.89. The van der Waals surface area contributed by atoms with Crippen LogP contribution < -0.4 is 0 Å². The lowest BCUT2D eigenvalue weighted by molar-refractivity contribution is 0.148. The highest BCUT2D eigenvalue weighted by molar-refractivity contribution is 8.13. The van der Waals surface area contributed by atoms with Crippen LogP contribution in [0.2, 0.25) is 5.15 Å². The minimum atomic E-state index is -4.22. The molecule has 0 fully saturated rings. The summed E-state index contributed by atoms with van der Waals surface area (Å²) < 4.78 is 46.3. The Morgan fingerprint density at radius 1 is 1.43 bits per heavy atom. The molecule has 0 amide bonds. The smallest absolute Gasteiger partial charge is 0.243 e. The van der Waals surface area contributed by atoms with Gasteiger partial charge in [0.1, 0.15) is 10.0 Å². The summed E-state index contributed by atoms with van der Waals surface area (Å²) in [6.45, 7) is 0. The van der Waals surface area contributed by atoms with Crippen LogP contribution in [-0.2, 0) is 9.05 Å². The van der Waals surface area contributed by atoms with Crippen molar-refractivity contribution in [1.82, 2.24) is 4.98 Å². The zero-order chi connectivity index (χ0) is 10.9. The molecule has 1 aromatic heterocycles. The van der Waals surface area contributed by atoms with Gasteiger partial charge in [-0.1, -0.05) is 11.6 Å². The quantitative estimate of drug-likeness (QED) is 0.608. The fourth-order valence-electron chi connectivity index (χ4n) is 0.806. The first kappa shape index (κ1) is 11.6. The van der Waals surface area contributed by atoms with Crippen LogP contribution in [0.5, 0.6) is 0 Å². The molecule has 8 heteroatoms. The average molecular weight is 262 g/mol. The van der Waals surface area contributed by atoms with Gasteiger partial charge in [0, 0.05) is 22.4 Å². The van der Waals surface area contributed by atoms with E-state index in [1.807, 2.05) is 0 Å². The van der Waals surface area contributed by atoms with Gasteiger partial charge in [-0.2, -0.15) is 0 Å². The van der Waals surface area contributed by atoms with Crippen molar-refractivity contribution in [2.45, 2.75) is 11.3 Å². The highest BCUT2D eigenvalue weighted by atomic mass is 35.7. The zero-order valence-corrected chi connectivity index (χ0v) is 8.74. The van der Waals surface area contributed by atoms with E-state index in [0.29, 0.717) is 6.20 Å². The summed E-state index contributed by atoms with van der Waals surface area (Å²) in [5, 5.41) is -0.218. The van der Waals surface area contributed by atoms with Crippen molar-refractivity contribution in [3.63, 3.8) is 0 Å². The lowest BCUT2D eigenvalue weighted by atomic mass is 10.3. The summed E-state index contributed by atoms with van der Waals surface area (Å²) in [6, 6.07) is 0.765. The molecule has 1 heterocycles. The Morgan fingerprint density at radius 3 is 2.43 bits per heavy atom. The molecule has 0 bridgehead atoms. The van der Waals surface area contributed by atoms with Crippen LogP contribution in [0.1, 0.15) is 12.0 Å². The summed E-state index contributed by atoms with van der Waals surface area (Å²) >= 11 is 5.33. The van der Waals surface area contributed by atoms with Gasteiger partial charge in [0.2, 0.25) is 0 Å². The van der Waals surface area contributed by atoms with Crippen molar-refractivity contribution in [2.24, 2.45) is 0 Å². The Labute approximate surface area is 88.1 Å². The van der Waals surface area contributed by atoms with Crippen molar-refractivity contribution in [3.8, 4) is 0 Å². The van der Waals surface area contributed by atoms with E-state index in [4.69, 9.17) is 22.3 Å². The van der Waals surface area contributed by atoms with E-state index in [9.17, 15) is 17.2 Å². The minimum absolute atomic E-state index is 0.218. The van der Waals surface area contributed by atoms with Gasteiger partial charge in [0.05, 0.1) is 0 Å². The monoisotopic (exact) mass is 261 g/mol. The van der Waals surface area contributed by atoms with E-state index in [0.717, 1.165) is 6.07 Å². The van der Waals surface area contributed by atoms with E-state index >= 15 is 0 Å². The number of hydrogen-bond donors (Lipinski definition) is 0. The summed E-state index contributed by atoms with van der Waals surface area (Å²) in [5.74, 6) is 0. The fourth-order valence-corrected chi connectivity index (χ4v) is 1.97. The van der Waals surface area contributed by atoms with Crippen molar-refractivity contribution >= 4 is 31.3 Å². The molecule has 0 aromatic carbocycles. The van der Waals surface area contributed by atoms with Gasteiger partial charge in [-0.05, 0) is 6.07 Å². The fraction of sp³-hybridized carbons (Fsp3) is 0.167. The van der Waals surface area contributed by atoms with Crippen LogP contribution >= 0.6 is 22.3 Å². The SMILES string of the molecule is O=S(=O)(Cl)c1cnc(Cl)cc1C(F)F. The van der Waals surface area contributed by atoms with Crippen LogP contribution in [0.3, 0.4) is 0 Å². The highest BCUT2D eigenvalue weighted by Crippen LogP contribution is 2.29. The zero-order valence-electron chi connectivity index (χ0n) is 6.42.